The average molecular weight is 231 g/mol. The Kier molecular flexibility index (Phi) is 3.88. The number of hydrogen-bond acceptors (Lipinski definition) is 1. The Balaban J connectivity index is 2.13. The summed E-state index contributed by atoms with van der Waals surface area (Å²) in [6.45, 7) is 7.98. The van der Waals surface area contributed by atoms with Gasteiger partial charge in [-0.2, -0.15) is 0 Å². The second kappa shape index (κ2) is 5.22. The summed E-state index contributed by atoms with van der Waals surface area (Å²) >= 11 is 0. The second-order valence-electron chi connectivity index (χ2n) is 5.64. The maximum atomic E-state index is 3.73. The largest absolute Gasteiger partial charge is 0.309 e. The topological polar surface area (TPSA) is 12.0 Å². The Morgan fingerprint density at radius 2 is 1.82 bits per heavy atom. The fourth-order valence-corrected chi connectivity index (χ4v) is 2.49. The van der Waals surface area contributed by atoms with Crippen molar-refractivity contribution in [2.24, 2.45) is 5.41 Å². The zero-order valence-electron chi connectivity index (χ0n) is 11.4. The molecule has 1 aliphatic carbocycles. The molecule has 17 heavy (non-hydrogen) atoms. The molecule has 1 unspecified atom stereocenters. The predicted molar refractivity (Wildman–Crippen MR) is 74.2 cm³/mol. The highest BCUT2D eigenvalue weighted by Crippen LogP contribution is 2.54. The third-order valence-corrected chi connectivity index (χ3v) is 4.06. The Labute approximate surface area is 106 Å². The van der Waals surface area contributed by atoms with Gasteiger partial charge in [0.2, 0.25) is 0 Å². The second-order valence-corrected chi connectivity index (χ2v) is 5.64. The third kappa shape index (κ3) is 2.90. The number of hydrogen-bond donors (Lipinski definition) is 1. The van der Waals surface area contributed by atoms with Crippen LogP contribution in [0.4, 0.5) is 0 Å². The van der Waals surface area contributed by atoms with E-state index in [1.807, 2.05) is 0 Å². The van der Waals surface area contributed by atoms with Crippen LogP contribution in [-0.4, -0.2) is 6.54 Å². The normalized spacial score (nSPS) is 19.0. The lowest BCUT2D eigenvalue weighted by molar-refractivity contribution is 0.366. The van der Waals surface area contributed by atoms with Gasteiger partial charge in [0, 0.05) is 6.04 Å². The molecule has 0 aromatic heterocycles. The summed E-state index contributed by atoms with van der Waals surface area (Å²) in [6.07, 6.45) is 5.07. The molecule has 1 nitrogen and oxygen atoms in total. The van der Waals surface area contributed by atoms with E-state index in [1.165, 1.54) is 30.4 Å². The number of rotatable bonds is 6. The van der Waals surface area contributed by atoms with Gasteiger partial charge in [-0.25, -0.2) is 0 Å². The third-order valence-electron chi connectivity index (χ3n) is 4.06. The Hall–Kier alpha value is -0.820. The molecule has 2 rings (SSSR count). The summed E-state index contributed by atoms with van der Waals surface area (Å²) in [5, 5.41) is 3.73. The maximum Gasteiger partial charge on any atom is 0.0374 e. The van der Waals surface area contributed by atoms with Crippen molar-refractivity contribution in [3.05, 3.63) is 35.4 Å². The quantitative estimate of drug-likeness (QED) is 0.777. The summed E-state index contributed by atoms with van der Waals surface area (Å²) in [5.41, 5.74) is 3.41. The van der Waals surface area contributed by atoms with Crippen molar-refractivity contribution in [2.45, 2.75) is 52.5 Å². The Morgan fingerprint density at radius 3 is 2.29 bits per heavy atom. The Morgan fingerprint density at radius 1 is 1.18 bits per heavy atom. The minimum Gasteiger partial charge on any atom is -0.309 e. The van der Waals surface area contributed by atoms with Gasteiger partial charge in [0.15, 0.2) is 0 Å². The standard InChI is InChI=1S/C16H25N/c1-4-12-17-15(16(3)10-11-16)14-8-6-13(5-2)7-9-14/h6-9,15,17H,4-5,10-12H2,1-3H3. The molecule has 1 atom stereocenters. The summed E-state index contributed by atoms with van der Waals surface area (Å²) in [6, 6.07) is 9.74. The van der Waals surface area contributed by atoms with Crippen LogP contribution < -0.4 is 5.32 Å². The van der Waals surface area contributed by atoms with E-state index in [-0.39, 0.29) is 0 Å². The zero-order chi connectivity index (χ0) is 12.3. The van der Waals surface area contributed by atoms with Crippen LogP contribution in [0.25, 0.3) is 0 Å². The highest BCUT2D eigenvalue weighted by atomic mass is 14.9. The van der Waals surface area contributed by atoms with E-state index in [4.69, 9.17) is 0 Å². The van der Waals surface area contributed by atoms with Crippen molar-refractivity contribution in [3.8, 4) is 0 Å². The van der Waals surface area contributed by atoms with Crippen molar-refractivity contribution >= 4 is 0 Å². The molecule has 0 aliphatic heterocycles. The minimum absolute atomic E-state index is 0.503. The molecule has 0 amide bonds. The Bertz CT molecular complexity index is 348. The maximum absolute atomic E-state index is 3.73. The lowest BCUT2D eigenvalue weighted by Gasteiger charge is -2.25. The number of benzene rings is 1. The molecule has 1 aliphatic rings. The van der Waals surface area contributed by atoms with Gasteiger partial charge in [0.25, 0.3) is 0 Å². The van der Waals surface area contributed by atoms with Crippen molar-refractivity contribution < 1.29 is 0 Å². The van der Waals surface area contributed by atoms with Crippen LogP contribution in [0.15, 0.2) is 24.3 Å². The van der Waals surface area contributed by atoms with Gasteiger partial charge in [-0.1, -0.05) is 45.0 Å². The predicted octanol–water partition coefficient (Wildman–Crippen LogP) is 4.09. The van der Waals surface area contributed by atoms with Crippen molar-refractivity contribution in [1.29, 1.82) is 0 Å². The smallest absolute Gasteiger partial charge is 0.0374 e. The molecule has 1 N–H and O–H groups in total. The van der Waals surface area contributed by atoms with Gasteiger partial charge in [-0.15, -0.1) is 0 Å². The van der Waals surface area contributed by atoms with Crippen LogP contribution in [0, 0.1) is 5.41 Å². The van der Waals surface area contributed by atoms with E-state index in [0.717, 1.165) is 13.0 Å². The van der Waals surface area contributed by atoms with Crippen LogP contribution in [0.3, 0.4) is 0 Å². The van der Waals surface area contributed by atoms with E-state index < -0.39 is 0 Å². The number of nitrogens with one attached hydrogen (secondary N) is 1. The minimum atomic E-state index is 0.503. The first kappa shape index (κ1) is 12.6. The molecular formula is C16H25N. The molecule has 1 aromatic carbocycles. The van der Waals surface area contributed by atoms with E-state index in [1.54, 1.807) is 0 Å². The fraction of sp³-hybridized carbons (Fsp3) is 0.625. The molecular weight excluding hydrogens is 206 g/mol. The van der Waals surface area contributed by atoms with Crippen LogP contribution in [-0.2, 0) is 6.42 Å². The summed E-state index contributed by atoms with van der Waals surface area (Å²) in [7, 11) is 0. The molecule has 1 fully saturated rings. The van der Waals surface area contributed by atoms with E-state index in [9.17, 15) is 0 Å². The molecule has 0 heterocycles. The number of aryl methyl sites for hydroxylation is 1. The van der Waals surface area contributed by atoms with E-state index in [2.05, 4.69) is 50.4 Å². The molecule has 0 bridgehead atoms. The van der Waals surface area contributed by atoms with Crippen LogP contribution in [0.2, 0.25) is 0 Å². The van der Waals surface area contributed by atoms with Crippen molar-refractivity contribution in [1.82, 2.24) is 5.32 Å². The summed E-state index contributed by atoms with van der Waals surface area (Å²) in [4.78, 5) is 0. The highest BCUT2D eigenvalue weighted by Gasteiger charge is 2.45. The van der Waals surface area contributed by atoms with Crippen LogP contribution >= 0.6 is 0 Å². The summed E-state index contributed by atoms with van der Waals surface area (Å²) in [5.74, 6) is 0. The van der Waals surface area contributed by atoms with Gasteiger partial charge < -0.3 is 5.32 Å². The first-order valence-electron chi connectivity index (χ1n) is 7.02. The van der Waals surface area contributed by atoms with Gasteiger partial charge in [-0.3, -0.25) is 0 Å². The average Bonchev–Trinajstić information content (AvgIpc) is 3.09. The molecule has 0 spiro atoms. The molecule has 1 heteroatoms. The SMILES string of the molecule is CCCNC(c1ccc(CC)cc1)C1(C)CC1. The van der Waals surface area contributed by atoms with Crippen molar-refractivity contribution in [2.75, 3.05) is 6.54 Å². The van der Waals surface area contributed by atoms with Gasteiger partial charge in [0.05, 0.1) is 0 Å². The lowest BCUT2D eigenvalue weighted by atomic mass is 9.91. The van der Waals surface area contributed by atoms with Gasteiger partial charge in [-0.05, 0) is 48.8 Å². The first-order chi connectivity index (χ1) is 8.19. The first-order valence-corrected chi connectivity index (χ1v) is 7.02. The fourth-order valence-electron chi connectivity index (χ4n) is 2.49. The lowest BCUT2D eigenvalue weighted by Crippen LogP contribution is -2.28. The molecule has 1 saturated carbocycles. The van der Waals surface area contributed by atoms with Gasteiger partial charge in [0.1, 0.15) is 0 Å². The highest BCUT2D eigenvalue weighted by molar-refractivity contribution is 5.28. The molecule has 1 aromatic rings. The molecule has 0 saturated heterocycles. The molecule has 94 valence electrons. The molecule has 0 radical (unpaired) electrons. The zero-order valence-corrected chi connectivity index (χ0v) is 11.4. The van der Waals surface area contributed by atoms with Crippen molar-refractivity contribution in [3.63, 3.8) is 0 Å². The van der Waals surface area contributed by atoms with Crippen LogP contribution in [0.1, 0.15) is 57.2 Å². The monoisotopic (exact) mass is 231 g/mol. The van der Waals surface area contributed by atoms with E-state index >= 15 is 0 Å². The van der Waals surface area contributed by atoms with E-state index in [0.29, 0.717) is 11.5 Å². The van der Waals surface area contributed by atoms with Gasteiger partial charge >= 0.3 is 0 Å². The summed E-state index contributed by atoms with van der Waals surface area (Å²) < 4.78 is 0. The van der Waals surface area contributed by atoms with Crippen LogP contribution in [0.5, 0.6) is 0 Å².